The average molecular weight is 217 g/mol. The van der Waals surface area contributed by atoms with E-state index in [1.54, 1.807) is 12.1 Å². The number of halogens is 1. The van der Waals surface area contributed by atoms with Crippen molar-refractivity contribution in [2.75, 3.05) is 5.73 Å². The van der Waals surface area contributed by atoms with Crippen LogP contribution in [0.3, 0.4) is 0 Å². The second kappa shape index (κ2) is 3.85. The van der Waals surface area contributed by atoms with Gasteiger partial charge in [0.05, 0.1) is 5.69 Å². The Kier molecular flexibility index (Phi) is 2.52. The third-order valence-electron chi connectivity index (χ3n) is 2.48. The number of phenols is 1. The number of phenolic OH excluding ortho intramolecular Hbond substituents is 1. The summed E-state index contributed by atoms with van der Waals surface area (Å²) in [7, 11) is 0. The van der Waals surface area contributed by atoms with E-state index < -0.39 is 11.6 Å². The molecule has 2 aromatic carbocycles. The molecule has 0 radical (unpaired) electrons. The molecule has 0 aliphatic carbocycles. The molecule has 2 aromatic rings. The van der Waals surface area contributed by atoms with Crippen LogP contribution in [-0.4, -0.2) is 5.11 Å². The van der Waals surface area contributed by atoms with Crippen LogP contribution in [0.5, 0.6) is 5.75 Å². The Morgan fingerprint density at radius 2 is 1.94 bits per heavy atom. The molecule has 2 nitrogen and oxygen atoms in total. The molecular formula is C13H12FNO. The fraction of sp³-hybridized carbons (Fsp3) is 0.0769. The zero-order chi connectivity index (χ0) is 11.7. The Hall–Kier alpha value is -2.03. The van der Waals surface area contributed by atoms with Crippen LogP contribution in [-0.2, 0) is 0 Å². The molecule has 3 heteroatoms. The maximum atomic E-state index is 13.7. The van der Waals surface area contributed by atoms with Crippen molar-refractivity contribution in [1.29, 1.82) is 0 Å². The molecule has 0 fully saturated rings. The van der Waals surface area contributed by atoms with Gasteiger partial charge in [-0.25, -0.2) is 4.39 Å². The molecule has 0 aromatic heterocycles. The molecule has 0 saturated heterocycles. The predicted octanol–water partition coefficient (Wildman–Crippen LogP) is 3.09. The van der Waals surface area contributed by atoms with E-state index in [1.165, 1.54) is 6.07 Å². The highest BCUT2D eigenvalue weighted by atomic mass is 19.1. The number of aryl methyl sites for hydroxylation is 1. The number of aromatic hydroxyl groups is 1. The smallest absolute Gasteiger partial charge is 0.175 e. The van der Waals surface area contributed by atoms with Crippen molar-refractivity contribution in [3.8, 4) is 16.9 Å². The van der Waals surface area contributed by atoms with Gasteiger partial charge in [-0.3, -0.25) is 0 Å². The first-order valence-electron chi connectivity index (χ1n) is 4.93. The van der Waals surface area contributed by atoms with Crippen LogP contribution in [0.1, 0.15) is 5.56 Å². The van der Waals surface area contributed by atoms with Crippen molar-refractivity contribution >= 4 is 5.69 Å². The quantitative estimate of drug-likeness (QED) is 0.569. The van der Waals surface area contributed by atoms with Gasteiger partial charge < -0.3 is 10.8 Å². The second-order valence-corrected chi connectivity index (χ2v) is 3.73. The first-order valence-corrected chi connectivity index (χ1v) is 4.93. The minimum absolute atomic E-state index is 0.0499. The van der Waals surface area contributed by atoms with E-state index in [9.17, 15) is 9.50 Å². The van der Waals surface area contributed by atoms with Crippen LogP contribution >= 0.6 is 0 Å². The van der Waals surface area contributed by atoms with Crippen LogP contribution in [0, 0.1) is 12.7 Å². The minimum Gasteiger partial charge on any atom is -0.503 e. The van der Waals surface area contributed by atoms with E-state index in [2.05, 4.69) is 0 Å². The van der Waals surface area contributed by atoms with Gasteiger partial charge in [-0.05, 0) is 24.6 Å². The monoisotopic (exact) mass is 217 g/mol. The number of hydrogen-bond donors (Lipinski definition) is 2. The van der Waals surface area contributed by atoms with Gasteiger partial charge in [0.2, 0.25) is 0 Å². The van der Waals surface area contributed by atoms with E-state index in [4.69, 9.17) is 5.73 Å². The maximum Gasteiger partial charge on any atom is 0.175 e. The molecule has 0 amide bonds. The molecule has 16 heavy (non-hydrogen) atoms. The predicted molar refractivity (Wildman–Crippen MR) is 62.7 cm³/mol. The Morgan fingerprint density at radius 1 is 1.19 bits per heavy atom. The Labute approximate surface area is 93.2 Å². The third kappa shape index (κ3) is 1.72. The van der Waals surface area contributed by atoms with Crippen LogP contribution in [0.15, 0.2) is 36.4 Å². The van der Waals surface area contributed by atoms with Gasteiger partial charge in [0.15, 0.2) is 11.6 Å². The van der Waals surface area contributed by atoms with Crippen molar-refractivity contribution in [3.05, 3.63) is 47.8 Å². The third-order valence-corrected chi connectivity index (χ3v) is 2.48. The molecule has 82 valence electrons. The maximum absolute atomic E-state index is 13.7. The lowest BCUT2D eigenvalue weighted by Crippen LogP contribution is -1.91. The highest BCUT2D eigenvalue weighted by molar-refractivity contribution is 5.71. The van der Waals surface area contributed by atoms with Crippen LogP contribution in [0.4, 0.5) is 10.1 Å². The van der Waals surface area contributed by atoms with E-state index >= 15 is 0 Å². The van der Waals surface area contributed by atoms with Crippen molar-refractivity contribution in [1.82, 2.24) is 0 Å². The SMILES string of the molecule is Cc1cccc(-c2ccc(N)c(O)c2F)c1. The zero-order valence-corrected chi connectivity index (χ0v) is 8.87. The number of nitrogen functional groups attached to an aromatic ring is 1. The Balaban J connectivity index is 2.61. The van der Waals surface area contributed by atoms with Crippen molar-refractivity contribution in [2.24, 2.45) is 0 Å². The highest BCUT2D eigenvalue weighted by Gasteiger charge is 2.11. The standard InChI is InChI=1S/C13H12FNO/c1-8-3-2-4-9(7-8)10-5-6-11(15)13(16)12(10)14/h2-7,16H,15H2,1H3. The van der Waals surface area contributed by atoms with Crippen LogP contribution in [0.25, 0.3) is 11.1 Å². The zero-order valence-electron chi connectivity index (χ0n) is 8.87. The number of hydrogen-bond acceptors (Lipinski definition) is 2. The van der Waals surface area contributed by atoms with E-state index in [-0.39, 0.29) is 5.69 Å². The van der Waals surface area contributed by atoms with Crippen molar-refractivity contribution in [2.45, 2.75) is 6.92 Å². The molecule has 0 unspecified atom stereocenters. The van der Waals surface area contributed by atoms with Gasteiger partial charge in [0.1, 0.15) is 0 Å². The molecule has 0 saturated carbocycles. The summed E-state index contributed by atoms with van der Waals surface area (Å²) in [6.07, 6.45) is 0. The summed E-state index contributed by atoms with van der Waals surface area (Å²) < 4.78 is 13.7. The summed E-state index contributed by atoms with van der Waals surface area (Å²) in [6.45, 7) is 1.93. The van der Waals surface area contributed by atoms with E-state index in [1.807, 2.05) is 25.1 Å². The summed E-state index contributed by atoms with van der Waals surface area (Å²) >= 11 is 0. The number of benzene rings is 2. The number of nitrogens with two attached hydrogens (primary N) is 1. The second-order valence-electron chi connectivity index (χ2n) is 3.73. The number of anilines is 1. The van der Waals surface area contributed by atoms with Gasteiger partial charge >= 0.3 is 0 Å². The lowest BCUT2D eigenvalue weighted by Gasteiger charge is -2.07. The molecule has 0 aliphatic heterocycles. The summed E-state index contributed by atoms with van der Waals surface area (Å²) in [6, 6.07) is 10.5. The van der Waals surface area contributed by atoms with E-state index in [0.717, 1.165) is 11.1 Å². The summed E-state index contributed by atoms with van der Waals surface area (Å²) in [5.41, 5.74) is 7.58. The lowest BCUT2D eigenvalue weighted by molar-refractivity contribution is 0.436. The van der Waals surface area contributed by atoms with Gasteiger partial charge in [-0.2, -0.15) is 0 Å². The Morgan fingerprint density at radius 3 is 2.62 bits per heavy atom. The Bertz CT molecular complexity index is 537. The molecule has 0 bridgehead atoms. The van der Waals surface area contributed by atoms with Crippen LogP contribution in [0.2, 0.25) is 0 Å². The summed E-state index contributed by atoms with van der Waals surface area (Å²) in [5.74, 6) is -1.16. The largest absolute Gasteiger partial charge is 0.503 e. The van der Waals surface area contributed by atoms with Crippen molar-refractivity contribution < 1.29 is 9.50 Å². The highest BCUT2D eigenvalue weighted by Crippen LogP contribution is 2.32. The molecule has 3 N–H and O–H groups in total. The van der Waals surface area contributed by atoms with Gasteiger partial charge in [0, 0.05) is 5.56 Å². The normalized spacial score (nSPS) is 10.4. The van der Waals surface area contributed by atoms with Gasteiger partial charge in [-0.15, -0.1) is 0 Å². The molecule has 0 spiro atoms. The molecule has 2 rings (SSSR count). The van der Waals surface area contributed by atoms with Gasteiger partial charge in [0.25, 0.3) is 0 Å². The summed E-state index contributed by atoms with van der Waals surface area (Å²) in [5, 5.41) is 9.42. The average Bonchev–Trinajstić information content (AvgIpc) is 2.26. The molecule has 0 heterocycles. The fourth-order valence-electron chi connectivity index (χ4n) is 1.62. The first-order chi connectivity index (χ1) is 7.59. The van der Waals surface area contributed by atoms with Crippen molar-refractivity contribution in [3.63, 3.8) is 0 Å². The minimum atomic E-state index is -0.675. The van der Waals surface area contributed by atoms with Crippen LogP contribution < -0.4 is 5.73 Å². The fourth-order valence-corrected chi connectivity index (χ4v) is 1.62. The van der Waals surface area contributed by atoms with Gasteiger partial charge in [-0.1, -0.05) is 29.8 Å². The van der Waals surface area contributed by atoms with E-state index in [0.29, 0.717) is 5.56 Å². The lowest BCUT2D eigenvalue weighted by atomic mass is 10.0. The molecule has 0 aliphatic rings. The molecule has 0 atom stereocenters. The number of rotatable bonds is 1. The first kappa shape index (κ1) is 10.5. The molecular weight excluding hydrogens is 205 g/mol. The summed E-state index contributed by atoms with van der Waals surface area (Å²) in [4.78, 5) is 0. The topological polar surface area (TPSA) is 46.2 Å².